The van der Waals surface area contributed by atoms with Crippen LogP contribution >= 0.6 is 0 Å². The number of allylic oxidation sites excluding steroid dienone is 4. The number of hydrogen-bond acceptors (Lipinski definition) is 2. The minimum atomic E-state index is -1.78. The van der Waals surface area contributed by atoms with Crippen molar-refractivity contribution >= 4 is 29.6 Å². The normalized spacial score (nSPS) is 29.7. The first kappa shape index (κ1) is 28.0. The molecule has 0 saturated carbocycles. The maximum atomic E-state index is 13.0. The number of benzene rings is 4. The van der Waals surface area contributed by atoms with Crippen molar-refractivity contribution in [3.8, 4) is 0 Å². The van der Waals surface area contributed by atoms with Gasteiger partial charge in [0.1, 0.15) is 11.2 Å². The van der Waals surface area contributed by atoms with Crippen molar-refractivity contribution in [2.24, 2.45) is 5.92 Å². The molecule has 4 atom stereocenters. The van der Waals surface area contributed by atoms with Crippen LogP contribution in [0.15, 0.2) is 138 Å². The van der Waals surface area contributed by atoms with E-state index in [-0.39, 0.29) is 5.92 Å². The predicted octanol–water partition coefficient (Wildman–Crippen LogP) is 8.54. The second-order valence-electron chi connectivity index (χ2n) is 13.4. The molecule has 1 heterocycles. The van der Waals surface area contributed by atoms with Crippen LogP contribution < -0.4 is 5.19 Å². The van der Waals surface area contributed by atoms with E-state index in [1.165, 1.54) is 27.1 Å². The fourth-order valence-corrected chi connectivity index (χ4v) is 10.7. The lowest BCUT2D eigenvalue weighted by Crippen LogP contribution is -2.45. The zero-order valence-corrected chi connectivity index (χ0v) is 26.5. The van der Waals surface area contributed by atoms with E-state index < -0.39 is 19.3 Å². The summed E-state index contributed by atoms with van der Waals surface area (Å²) >= 11 is 0. The third-order valence-corrected chi connectivity index (χ3v) is 14.9. The van der Waals surface area contributed by atoms with Crippen molar-refractivity contribution in [2.75, 3.05) is 0 Å². The molecule has 0 saturated heterocycles. The van der Waals surface area contributed by atoms with Gasteiger partial charge in [0.25, 0.3) is 0 Å². The van der Waals surface area contributed by atoms with E-state index in [0.29, 0.717) is 18.4 Å². The van der Waals surface area contributed by atoms with Gasteiger partial charge in [0.2, 0.25) is 0 Å². The second-order valence-corrected chi connectivity index (χ2v) is 18.3. The molecule has 43 heavy (non-hydrogen) atoms. The summed E-state index contributed by atoms with van der Waals surface area (Å²) in [6.45, 7) is 9.50. The Morgan fingerprint density at radius 3 is 2.05 bits per heavy atom. The predicted molar refractivity (Wildman–Crippen MR) is 182 cm³/mol. The van der Waals surface area contributed by atoms with E-state index in [1.807, 2.05) is 60.7 Å². The number of rotatable bonds is 3. The van der Waals surface area contributed by atoms with Crippen LogP contribution in [0.25, 0.3) is 16.3 Å². The largest absolute Gasteiger partial charge is 0.380 e. The van der Waals surface area contributed by atoms with Crippen LogP contribution in [-0.4, -0.2) is 18.3 Å². The Bertz CT molecular complexity index is 1850. The summed E-state index contributed by atoms with van der Waals surface area (Å²) in [5.74, 6) is 0.258. The summed E-state index contributed by atoms with van der Waals surface area (Å²) in [5.41, 5.74) is 4.82. The van der Waals surface area contributed by atoms with Crippen molar-refractivity contribution in [2.45, 2.75) is 56.5 Å². The second kappa shape index (κ2) is 10.2. The summed E-state index contributed by atoms with van der Waals surface area (Å²) in [7, 11) is -1.78. The van der Waals surface area contributed by atoms with Crippen molar-refractivity contribution in [3.63, 3.8) is 0 Å². The Labute approximate surface area is 256 Å². The highest BCUT2D eigenvalue weighted by Gasteiger charge is 2.51. The molecule has 3 heteroatoms. The monoisotopic (exact) mass is 580 g/mol. The lowest BCUT2D eigenvalue weighted by molar-refractivity contribution is 0.0265. The van der Waals surface area contributed by atoms with Gasteiger partial charge >= 0.3 is 0 Å². The van der Waals surface area contributed by atoms with Gasteiger partial charge in [-0.15, -0.1) is 0 Å². The SMILES string of the molecule is CC1C=CC2=C(C1)C(O)(c1ccccc1)C(=CC=C1c3cc4ccccc4cc3[Si](C)(C)C1C)CC2(O)c1ccccc1. The Hall–Kier alpha value is -3.76. The van der Waals surface area contributed by atoms with Crippen LogP contribution in [-0.2, 0) is 11.2 Å². The zero-order chi connectivity index (χ0) is 30.0. The number of fused-ring (bicyclic) bond motifs is 2. The molecule has 2 nitrogen and oxygen atoms in total. The quantitative estimate of drug-likeness (QED) is 0.238. The molecule has 0 aromatic heterocycles. The summed E-state index contributed by atoms with van der Waals surface area (Å²) in [5, 5.41) is 29.6. The topological polar surface area (TPSA) is 40.5 Å². The molecule has 216 valence electrons. The molecule has 2 aliphatic carbocycles. The van der Waals surface area contributed by atoms with Gasteiger partial charge in [-0.2, -0.15) is 0 Å². The third kappa shape index (κ3) is 4.29. The smallest absolute Gasteiger partial charge is 0.133 e. The molecule has 4 aromatic carbocycles. The third-order valence-electron chi connectivity index (χ3n) is 10.6. The molecular formula is C40H40O2Si. The molecular weight excluding hydrogens is 541 g/mol. The lowest BCUT2D eigenvalue weighted by atomic mass is 9.61. The minimum absolute atomic E-state index is 0.258. The van der Waals surface area contributed by atoms with Crippen molar-refractivity contribution in [1.82, 2.24) is 0 Å². The molecule has 2 N–H and O–H groups in total. The van der Waals surface area contributed by atoms with Crippen LogP contribution in [0, 0.1) is 5.92 Å². The fraction of sp³-hybridized carbons (Fsp3) is 0.250. The van der Waals surface area contributed by atoms with Crippen molar-refractivity contribution in [1.29, 1.82) is 0 Å². The Morgan fingerprint density at radius 1 is 0.767 bits per heavy atom. The van der Waals surface area contributed by atoms with Gasteiger partial charge in [-0.1, -0.05) is 147 Å². The molecule has 4 unspecified atom stereocenters. The summed E-state index contributed by atoms with van der Waals surface area (Å²) in [4.78, 5) is 0. The van der Waals surface area contributed by atoms with Gasteiger partial charge in [-0.3, -0.25) is 0 Å². The van der Waals surface area contributed by atoms with Gasteiger partial charge in [-0.25, -0.2) is 0 Å². The highest BCUT2D eigenvalue weighted by Crippen LogP contribution is 2.56. The maximum Gasteiger partial charge on any atom is 0.133 e. The molecule has 0 bridgehead atoms. The zero-order valence-electron chi connectivity index (χ0n) is 25.5. The minimum Gasteiger partial charge on any atom is -0.380 e. The first-order valence-electron chi connectivity index (χ1n) is 15.6. The van der Waals surface area contributed by atoms with Crippen LogP contribution in [0.2, 0.25) is 18.6 Å². The highest BCUT2D eigenvalue weighted by molar-refractivity contribution is 6.94. The maximum absolute atomic E-state index is 13.0. The standard InChI is InChI=1S/C40H40O2Si/c1-27-19-22-36-37(23-27)40(42,32-17-9-6-10-18-32)33(26-39(36,41)31-15-7-5-8-16-31)20-21-34-28(2)43(3,4)38-25-30-14-12-11-13-29(30)24-35(34)38/h5-22,24-25,27-28,41-42H,23,26H2,1-4H3. The molecule has 0 radical (unpaired) electrons. The Kier molecular flexibility index (Phi) is 6.62. The van der Waals surface area contributed by atoms with Crippen LogP contribution in [0.4, 0.5) is 0 Å². The summed E-state index contributed by atoms with van der Waals surface area (Å²) in [6, 6.07) is 33.4. The Morgan fingerprint density at radius 2 is 1.37 bits per heavy atom. The van der Waals surface area contributed by atoms with Crippen molar-refractivity contribution in [3.05, 3.63) is 155 Å². The first-order chi connectivity index (χ1) is 20.6. The first-order valence-corrected chi connectivity index (χ1v) is 18.6. The van der Waals surface area contributed by atoms with Crippen LogP contribution in [0.3, 0.4) is 0 Å². The van der Waals surface area contributed by atoms with E-state index in [1.54, 1.807) is 0 Å². The highest BCUT2D eigenvalue weighted by atomic mass is 28.3. The van der Waals surface area contributed by atoms with Gasteiger partial charge < -0.3 is 10.2 Å². The van der Waals surface area contributed by atoms with Crippen molar-refractivity contribution < 1.29 is 10.2 Å². The average molecular weight is 581 g/mol. The van der Waals surface area contributed by atoms with Gasteiger partial charge in [-0.05, 0) is 73.7 Å². The summed E-state index contributed by atoms with van der Waals surface area (Å²) < 4.78 is 0. The van der Waals surface area contributed by atoms with Gasteiger partial charge in [0.15, 0.2) is 0 Å². The van der Waals surface area contributed by atoms with E-state index in [4.69, 9.17) is 0 Å². The molecule has 0 fully saturated rings. The van der Waals surface area contributed by atoms with E-state index in [0.717, 1.165) is 27.8 Å². The fourth-order valence-electron chi connectivity index (χ4n) is 7.77. The molecule has 0 amide bonds. The molecule has 7 rings (SSSR count). The van der Waals surface area contributed by atoms with Crippen LogP contribution in [0.5, 0.6) is 0 Å². The molecule has 0 spiro atoms. The van der Waals surface area contributed by atoms with E-state index in [9.17, 15) is 10.2 Å². The average Bonchev–Trinajstić information content (AvgIpc) is 3.21. The Balaban J connectivity index is 1.47. The summed E-state index contributed by atoms with van der Waals surface area (Å²) in [6.07, 6.45) is 9.64. The molecule has 1 aliphatic heterocycles. The van der Waals surface area contributed by atoms with Crippen LogP contribution in [0.1, 0.15) is 43.4 Å². The molecule has 4 aromatic rings. The number of aliphatic hydroxyl groups is 2. The lowest BCUT2D eigenvalue weighted by Gasteiger charge is -2.48. The molecule has 3 aliphatic rings. The van der Waals surface area contributed by atoms with Gasteiger partial charge in [0, 0.05) is 6.42 Å². The van der Waals surface area contributed by atoms with E-state index >= 15 is 0 Å². The van der Waals surface area contributed by atoms with E-state index in [2.05, 4.69) is 87.6 Å². The number of hydrogen-bond donors (Lipinski definition) is 2. The van der Waals surface area contributed by atoms with Gasteiger partial charge in [0.05, 0.1) is 8.07 Å².